The Hall–Kier alpha value is 1.33. The van der Waals surface area contributed by atoms with Crippen molar-refractivity contribution < 1.29 is 60.9 Å². The Labute approximate surface area is 97.2 Å². The Kier molecular flexibility index (Phi) is 9.71. The van der Waals surface area contributed by atoms with Crippen molar-refractivity contribution in [1.82, 2.24) is 0 Å². The first-order chi connectivity index (χ1) is 3.13. The van der Waals surface area contributed by atoms with Crippen LogP contribution >= 0.6 is 0 Å². The van der Waals surface area contributed by atoms with E-state index < -0.39 is 5.30 Å². The number of hydrogen-bond donors (Lipinski definition) is 0. The fraction of sp³-hybridized carbons (Fsp3) is 0.750. The van der Waals surface area contributed by atoms with E-state index in [9.17, 15) is 4.79 Å². The van der Waals surface area contributed by atoms with E-state index in [1.807, 2.05) is 0 Å². The third kappa shape index (κ3) is 10.3. The van der Waals surface area contributed by atoms with Crippen molar-refractivity contribution >= 4 is 17.9 Å². The van der Waals surface area contributed by atoms with E-state index in [0.717, 1.165) is 0 Å². The maximum Gasteiger partial charge on any atom is 1.00 e. The minimum absolute atomic E-state index is 0. The smallest absolute Gasteiger partial charge is 0.698 e. The van der Waals surface area contributed by atoms with Gasteiger partial charge in [0.2, 0.25) is 0 Å². The van der Waals surface area contributed by atoms with Gasteiger partial charge in [-0.3, -0.25) is 4.79 Å². The minimum atomic E-state index is -0.630. The van der Waals surface area contributed by atoms with E-state index in [2.05, 4.69) is 17.4 Å². The third-order valence-corrected chi connectivity index (χ3v) is 0.428. The molecule has 0 atom stereocenters. The van der Waals surface area contributed by atoms with Crippen LogP contribution in [0.25, 0.3) is 0 Å². The van der Waals surface area contributed by atoms with Gasteiger partial charge in [0, 0.05) is 0 Å². The van der Waals surface area contributed by atoms with Gasteiger partial charge in [-0.05, 0) is 13.8 Å². The summed E-state index contributed by atoms with van der Waals surface area (Å²) in [6, 6.07) is 0. The van der Waals surface area contributed by atoms with E-state index in [-0.39, 0.29) is 57.5 Å². The molecule has 2 nitrogen and oxygen atoms in total. The van der Waals surface area contributed by atoms with Crippen molar-refractivity contribution in [1.29, 1.82) is 0 Å². The summed E-state index contributed by atoms with van der Waals surface area (Å²) in [5.41, 5.74) is 0. The summed E-state index contributed by atoms with van der Waals surface area (Å²) in [7, 11) is 0. The van der Waals surface area contributed by atoms with Crippen molar-refractivity contribution in [2.24, 2.45) is 0 Å². The van der Waals surface area contributed by atoms with Gasteiger partial charge < -0.3 is 17.4 Å². The van der Waals surface area contributed by atoms with Gasteiger partial charge in [0.25, 0.3) is 0 Å². The molecule has 0 amide bonds. The maximum atomic E-state index is 9.85. The van der Waals surface area contributed by atoms with Gasteiger partial charge in [0.1, 0.15) is 0 Å². The summed E-state index contributed by atoms with van der Waals surface area (Å²) >= 11 is 4.09. The van der Waals surface area contributed by atoms with Crippen LogP contribution in [0.2, 0.25) is 0 Å². The van der Waals surface area contributed by atoms with Crippen LogP contribution in [0.15, 0.2) is 0 Å². The largest absolute Gasteiger partial charge is 1.00 e. The molecular formula is C4H7KO2S. The molecule has 0 aliphatic carbocycles. The van der Waals surface area contributed by atoms with Crippen LogP contribution in [0.5, 0.6) is 0 Å². The van der Waals surface area contributed by atoms with Crippen LogP contribution in [0, 0.1) is 0 Å². The molecule has 0 saturated heterocycles. The zero-order valence-electron chi connectivity index (χ0n) is 5.30. The molecule has 0 N–H and O–H groups in total. The summed E-state index contributed by atoms with van der Waals surface area (Å²) in [5.74, 6) is 0. The molecule has 0 heterocycles. The normalized spacial score (nSPS) is 7.88. The number of rotatable bonds is 1. The average Bonchev–Trinajstić information content (AvgIpc) is 1.27. The van der Waals surface area contributed by atoms with E-state index in [0.29, 0.717) is 0 Å². The maximum absolute atomic E-state index is 9.85. The molecule has 0 rings (SSSR count). The molecule has 0 aromatic carbocycles. The Bertz CT molecular complexity index is 74.4. The molecule has 0 saturated carbocycles. The van der Waals surface area contributed by atoms with Crippen molar-refractivity contribution in [3.05, 3.63) is 0 Å². The number of carbonyl (C=O) groups is 1. The molecule has 0 aliphatic heterocycles. The number of ether oxygens (including phenoxy) is 1. The van der Waals surface area contributed by atoms with Crippen LogP contribution in [0.3, 0.4) is 0 Å². The standard InChI is InChI=1S/C4H8O2S.K/c1-3(2)6-4(5)7;/h3H,1-2H3,(H,5,7);/q;+1/p-1. The fourth-order valence-corrected chi connectivity index (χ4v) is 0.385. The average molecular weight is 158 g/mol. The quantitative estimate of drug-likeness (QED) is 0.253. The Morgan fingerprint density at radius 3 is 2.00 bits per heavy atom. The van der Waals surface area contributed by atoms with Crippen LogP contribution in [0.1, 0.15) is 13.8 Å². The SMILES string of the molecule is CC(C)OC(=O)[S-].[K+]. The van der Waals surface area contributed by atoms with Crippen LogP contribution in [-0.4, -0.2) is 11.4 Å². The molecule has 0 radical (unpaired) electrons. The zero-order valence-corrected chi connectivity index (χ0v) is 9.24. The molecule has 0 fully saturated rings. The van der Waals surface area contributed by atoms with Crippen molar-refractivity contribution in [3.8, 4) is 0 Å². The zero-order chi connectivity index (χ0) is 5.86. The van der Waals surface area contributed by atoms with Gasteiger partial charge >= 0.3 is 51.4 Å². The molecule has 0 spiro atoms. The van der Waals surface area contributed by atoms with Gasteiger partial charge in [-0.2, -0.15) is 0 Å². The van der Waals surface area contributed by atoms with Gasteiger partial charge in [-0.1, -0.05) is 0 Å². The summed E-state index contributed by atoms with van der Waals surface area (Å²) in [5, 5.41) is -0.630. The fourth-order valence-electron chi connectivity index (χ4n) is 0.192. The molecule has 0 aromatic rings. The van der Waals surface area contributed by atoms with Crippen LogP contribution in [0.4, 0.5) is 4.79 Å². The first-order valence-corrected chi connectivity index (χ1v) is 2.41. The second kappa shape index (κ2) is 6.45. The predicted octanol–water partition coefficient (Wildman–Crippen LogP) is -1.92. The van der Waals surface area contributed by atoms with E-state index in [1.165, 1.54) is 0 Å². The first kappa shape index (κ1) is 12.0. The van der Waals surface area contributed by atoms with Crippen molar-refractivity contribution in [2.75, 3.05) is 0 Å². The molecule has 0 unspecified atom stereocenters. The summed E-state index contributed by atoms with van der Waals surface area (Å²) in [6.45, 7) is 3.51. The molecule has 0 aliphatic rings. The summed E-state index contributed by atoms with van der Waals surface area (Å²) < 4.78 is 4.43. The topological polar surface area (TPSA) is 26.3 Å². The van der Waals surface area contributed by atoms with Gasteiger partial charge in [-0.15, -0.1) is 0 Å². The van der Waals surface area contributed by atoms with Crippen LogP contribution in [-0.2, 0) is 17.4 Å². The molecule has 0 bridgehead atoms. The number of carbonyl (C=O) groups excluding carboxylic acids is 1. The second-order valence-corrected chi connectivity index (χ2v) is 1.75. The predicted molar refractivity (Wildman–Crippen MR) is 29.0 cm³/mol. The van der Waals surface area contributed by atoms with E-state index in [4.69, 9.17) is 0 Å². The molecule has 4 heteroatoms. The van der Waals surface area contributed by atoms with Crippen molar-refractivity contribution in [3.63, 3.8) is 0 Å². The Morgan fingerprint density at radius 2 is 2.00 bits per heavy atom. The first-order valence-electron chi connectivity index (χ1n) is 2.00. The van der Waals surface area contributed by atoms with Gasteiger partial charge in [-0.25, -0.2) is 0 Å². The summed E-state index contributed by atoms with van der Waals surface area (Å²) in [4.78, 5) is 9.85. The van der Waals surface area contributed by atoms with Gasteiger partial charge in [0.15, 0.2) is 5.30 Å². The van der Waals surface area contributed by atoms with Gasteiger partial charge in [0.05, 0.1) is 6.10 Å². The van der Waals surface area contributed by atoms with E-state index in [1.54, 1.807) is 13.8 Å². The molecular weight excluding hydrogens is 151 g/mol. The monoisotopic (exact) mass is 158 g/mol. The van der Waals surface area contributed by atoms with Crippen molar-refractivity contribution in [2.45, 2.75) is 20.0 Å². The molecule has 0 aromatic heterocycles. The Balaban J connectivity index is 0. The van der Waals surface area contributed by atoms with E-state index >= 15 is 0 Å². The number of hydrogen-bond acceptors (Lipinski definition) is 3. The minimum Gasteiger partial charge on any atom is -0.698 e. The molecule has 42 valence electrons. The Morgan fingerprint density at radius 1 is 1.62 bits per heavy atom. The van der Waals surface area contributed by atoms with Crippen LogP contribution < -0.4 is 51.4 Å². The second-order valence-electron chi connectivity index (χ2n) is 1.42. The third-order valence-electron chi connectivity index (χ3n) is 0.332. The summed E-state index contributed by atoms with van der Waals surface area (Å²) in [6.07, 6.45) is -0.0787. The molecule has 8 heavy (non-hydrogen) atoms.